The van der Waals surface area contributed by atoms with Crippen LogP contribution in [0.5, 0.6) is 0 Å². The third-order valence-electron chi connectivity index (χ3n) is 4.47. The van der Waals surface area contributed by atoms with Crippen molar-refractivity contribution in [1.82, 2.24) is 4.90 Å². The van der Waals surface area contributed by atoms with Crippen molar-refractivity contribution in [3.8, 4) is 0 Å². The molecule has 1 aliphatic rings. The van der Waals surface area contributed by atoms with Crippen LogP contribution in [-0.4, -0.2) is 47.8 Å². The van der Waals surface area contributed by atoms with Crippen LogP contribution >= 0.6 is 0 Å². The van der Waals surface area contributed by atoms with E-state index in [1.807, 2.05) is 0 Å². The number of hydrogen-bond acceptors (Lipinski definition) is 7. The van der Waals surface area contributed by atoms with Gasteiger partial charge < -0.3 is 19.5 Å². The van der Waals surface area contributed by atoms with Crippen molar-refractivity contribution in [2.24, 2.45) is 0 Å². The lowest BCUT2D eigenvalue weighted by atomic mass is 9.79. The van der Waals surface area contributed by atoms with E-state index < -0.39 is 22.8 Å². The Hall–Kier alpha value is -3.20. The van der Waals surface area contributed by atoms with Crippen molar-refractivity contribution >= 4 is 17.6 Å². The van der Waals surface area contributed by atoms with Gasteiger partial charge in [-0.15, -0.1) is 0 Å². The highest BCUT2D eigenvalue weighted by Crippen LogP contribution is 2.42. The van der Waals surface area contributed by atoms with Crippen LogP contribution in [-0.2, 0) is 19.1 Å². The summed E-state index contributed by atoms with van der Waals surface area (Å²) in [5.41, 5.74) is 0.985. The van der Waals surface area contributed by atoms with Gasteiger partial charge in [-0.05, 0) is 19.4 Å². The quantitative estimate of drug-likeness (QED) is 0.457. The van der Waals surface area contributed by atoms with Crippen molar-refractivity contribution in [3.05, 3.63) is 62.5 Å². The summed E-state index contributed by atoms with van der Waals surface area (Å²) in [6, 6.07) is 5.57. The molecular weight excluding hydrogens is 356 g/mol. The van der Waals surface area contributed by atoms with E-state index in [0.29, 0.717) is 17.0 Å². The number of carbonyl (C=O) groups excluding carboxylic acids is 1. The zero-order valence-corrected chi connectivity index (χ0v) is 15.4. The first-order valence-electron chi connectivity index (χ1n) is 7.98. The van der Waals surface area contributed by atoms with Gasteiger partial charge in [0.25, 0.3) is 5.69 Å². The molecule has 9 nitrogen and oxygen atoms in total. The fraction of sp³-hybridized carbons (Fsp3) is 0.333. The summed E-state index contributed by atoms with van der Waals surface area (Å²) >= 11 is 0. The Morgan fingerprint density at radius 3 is 2.37 bits per heavy atom. The van der Waals surface area contributed by atoms with Crippen molar-refractivity contribution in [1.29, 1.82) is 0 Å². The van der Waals surface area contributed by atoms with Crippen LogP contribution in [0.4, 0.5) is 5.69 Å². The number of aliphatic carboxylic acids is 1. The van der Waals surface area contributed by atoms with E-state index in [1.54, 1.807) is 24.8 Å². The van der Waals surface area contributed by atoms with Crippen LogP contribution < -0.4 is 0 Å². The number of ether oxygens (including phenoxy) is 2. The van der Waals surface area contributed by atoms with Crippen LogP contribution in [0.25, 0.3) is 0 Å². The van der Waals surface area contributed by atoms with Crippen molar-refractivity contribution < 1.29 is 29.1 Å². The van der Waals surface area contributed by atoms with E-state index in [2.05, 4.69) is 0 Å². The van der Waals surface area contributed by atoms with Crippen LogP contribution in [0.1, 0.15) is 25.3 Å². The van der Waals surface area contributed by atoms with Gasteiger partial charge in [0, 0.05) is 30.6 Å². The Morgan fingerprint density at radius 1 is 1.22 bits per heavy atom. The molecule has 1 aliphatic heterocycles. The number of hydrogen-bond donors (Lipinski definition) is 1. The van der Waals surface area contributed by atoms with Gasteiger partial charge in [-0.2, -0.15) is 0 Å². The number of allylic oxidation sites excluding steroid dienone is 2. The van der Waals surface area contributed by atoms with E-state index in [9.17, 15) is 24.8 Å². The summed E-state index contributed by atoms with van der Waals surface area (Å²) in [6.07, 6.45) is 0. The molecule has 144 valence electrons. The molecule has 0 fully saturated rings. The maximum atomic E-state index is 12.5. The van der Waals surface area contributed by atoms with E-state index in [4.69, 9.17) is 9.47 Å². The van der Waals surface area contributed by atoms with E-state index in [0.717, 1.165) is 0 Å². The van der Waals surface area contributed by atoms with Gasteiger partial charge in [0.2, 0.25) is 0 Å². The third-order valence-corrected chi connectivity index (χ3v) is 4.47. The highest BCUT2D eigenvalue weighted by atomic mass is 16.6. The number of nitro groups is 1. The molecule has 0 aliphatic carbocycles. The van der Waals surface area contributed by atoms with Crippen molar-refractivity contribution in [2.75, 3.05) is 21.0 Å². The zero-order valence-electron chi connectivity index (χ0n) is 15.4. The molecule has 0 radical (unpaired) electrons. The highest BCUT2D eigenvalue weighted by Gasteiger charge is 2.40. The maximum absolute atomic E-state index is 12.5. The normalized spacial score (nSPS) is 17.2. The number of non-ortho nitro benzene ring substituents is 1. The third kappa shape index (κ3) is 3.68. The first kappa shape index (κ1) is 20.1. The summed E-state index contributed by atoms with van der Waals surface area (Å²) in [5, 5.41) is 21.0. The number of rotatable bonds is 6. The molecule has 0 spiro atoms. The second kappa shape index (κ2) is 8.00. The van der Waals surface area contributed by atoms with Gasteiger partial charge in [0.1, 0.15) is 6.73 Å². The molecule has 9 heteroatoms. The minimum absolute atomic E-state index is 0.0383. The SMILES string of the molecule is COCN1C(C)=C(C(=O)O)[C@H](c2cccc([N+](=O)[O-])c2)C(C(=O)OC)=C1C. The van der Waals surface area contributed by atoms with Gasteiger partial charge in [0.15, 0.2) is 0 Å². The predicted molar refractivity (Wildman–Crippen MR) is 94.6 cm³/mol. The Morgan fingerprint density at radius 2 is 1.85 bits per heavy atom. The monoisotopic (exact) mass is 376 g/mol. The standard InChI is InChI=1S/C18H20N2O7/c1-10-14(17(21)22)16(12-6-5-7-13(8-12)20(24)25)15(18(23)27-4)11(2)19(10)9-26-3/h5-8,16H,9H2,1-4H3,(H,21,22)/t16-/m0/s1. The first-order valence-corrected chi connectivity index (χ1v) is 7.98. The van der Waals surface area contributed by atoms with Crippen LogP contribution in [0.3, 0.4) is 0 Å². The molecule has 1 aromatic carbocycles. The van der Waals surface area contributed by atoms with Crippen LogP contribution in [0.15, 0.2) is 46.8 Å². The molecule has 1 N–H and O–H groups in total. The van der Waals surface area contributed by atoms with Crippen molar-refractivity contribution in [3.63, 3.8) is 0 Å². The molecule has 0 aromatic heterocycles. The molecule has 0 amide bonds. The fourth-order valence-corrected chi connectivity index (χ4v) is 3.23. The van der Waals surface area contributed by atoms with Gasteiger partial charge >= 0.3 is 11.9 Å². The van der Waals surface area contributed by atoms with Crippen LogP contribution in [0, 0.1) is 10.1 Å². The lowest BCUT2D eigenvalue weighted by Gasteiger charge is -2.36. The summed E-state index contributed by atoms with van der Waals surface area (Å²) in [4.78, 5) is 36.7. The van der Waals surface area contributed by atoms with Gasteiger partial charge in [-0.3, -0.25) is 10.1 Å². The first-order chi connectivity index (χ1) is 12.7. The molecule has 0 saturated carbocycles. The van der Waals surface area contributed by atoms with Crippen LogP contribution in [0.2, 0.25) is 0 Å². The number of methoxy groups -OCH3 is 2. The number of carboxylic acid groups (broad SMARTS) is 1. The van der Waals surface area contributed by atoms with Gasteiger partial charge in [0.05, 0.1) is 29.1 Å². The maximum Gasteiger partial charge on any atom is 0.336 e. The zero-order chi connectivity index (χ0) is 20.3. The summed E-state index contributed by atoms with van der Waals surface area (Å²) in [7, 11) is 2.64. The Bertz CT molecular complexity index is 857. The molecular formula is C18H20N2O7. The van der Waals surface area contributed by atoms with E-state index >= 15 is 0 Å². The molecule has 27 heavy (non-hydrogen) atoms. The summed E-state index contributed by atoms with van der Waals surface area (Å²) < 4.78 is 9.99. The second-order valence-electron chi connectivity index (χ2n) is 5.93. The Labute approximate surface area is 155 Å². The lowest BCUT2D eigenvalue weighted by molar-refractivity contribution is -0.384. The number of nitro benzene ring substituents is 1. The number of benzene rings is 1. The lowest BCUT2D eigenvalue weighted by Crippen LogP contribution is -2.35. The molecule has 0 saturated heterocycles. The number of esters is 1. The molecule has 1 atom stereocenters. The second-order valence-corrected chi connectivity index (χ2v) is 5.93. The average Bonchev–Trinajstić information content (AvgIpc) is 2.63. The molecule has 0 bridgehead atoms. The molecule has 1 aromatic rings. The Balaban J connectivity index is 2.79. The number of carbonyl (C=O) groups is 2. The minimum Gasteiger partial charge on any atom is -0.478 e. The van der Waals surface area contributed by atoms with Crippen molar-refractivity contribution in [2.45, 2.75) is 19.8 Å². The minimum atomic E-state index is -1.24. The van der Waals surface area contributed by atoms with E-state index in [-0.39, 0.29) is 23.6 Å². The molecule has 1 heterocycles. The van der Waals surface area contributed by atoms with E-state index in [1.165, 1.54) is 32.4 Å². The number of nitrogens with zero attached hydrogens (tertiary/aromatic N) is 2. The molecule has 2 rings (SSSR count). The highest BCUT2D eigenvalue weighted by molar-refractivity contribution is 5.99. The summed E-state index contributed by atoms with van der Waals surface area (Å²) in [6.45, 7) is 3.29. The fourth-order valence-electron chi connectivity index (χ4n) is 3.23. The summed E-state index contributed by atoms with van der Waals surface area (Å²) in [5.74, 6) is -2.96. The largest absolute Gasteiger partial charge is 0.478 e. The smallest absolute Gasteiger partial charge is 0.336 e. The van der Waals surface area contributed by atoms with Gasteiger partial charge in [-0.25, -0.2) is 9.59 Å². The average molecular weight is 376 g/mol. The van der Waals surface area contributed by atoms with Gasteiger partial charge in [-0.1, -0.05) is 12.1 Å². The molecule has 0 unspecified atom stereocenters. The topological polar surface area (TPSA) is 119 Å². The number of carboxylic acids is 1. The predicted octanol–water partition coefficient (Wildman–Crippen LogP) is 2.40. The Kier molecular flexibility index (Phi) is 5.96.